The van der Waals surface area contributed by atoms with E-state index in [9.17, 15) is 4.79 Å². The van der Waals surface area contributed by atoms with Crippen LogP contribution < -0.4 is 5.43 Å². The first kappa shape index (κ1) is 16.3. The van der Waals surface area contributed by atoms with Crippen LogP contribution in [0.25, 0.3) is 10.1 Å². The quantitative estimate of drug-likeness (QED) is 0.462. The number of fused-ring (bicyclic) bond motifs is 1. The molecule has 0 aliphatic rings. The second-order valence-corrected chi connectivity index (χ2v) is 6.86. The average Bonchev–Trinajstić information content (AvgIpc) is 2.88. The summed E-state index contributed by atoms with van der Waals surface area (Å²) in [6.45, 7) is 0. The largest absolute Gasteiger partial charge is 0.283 e. The van der Waals surface area contributed by atoms with Crippen LogP contribution >= 0.6 is 46.1 Å². The van der Waals surface area contributed by atoms with Gasteiger partial charge in [-0.3, -0.25) is 4.79 Å². The maximum absolute atomic E-state index is 12.2. The molecule has 2 aromatic carbocycles. The van der Waals surface area contributed by atoms with Crippen molar-refractivity contribution in [3.63, 3.8) is 0 Å². The van der Waals surface area contributed by atoms with Gasteiger partial charge in [-0.1, -0.05) is 59.1 Å². The normalized spacial score (nSPS) is 11.3. The zero-order valence-corrected chi connectivity index (χ0v) is 14.6. The fourth-order valence-electron chi connectivity index (χ4n) is 1.97. The number of nitrogens with zero attached hydrogens (tertiary/aromatic N) is 1. The predicted octanol–water partition coefficient (Wildman–Crippen LogP) is 5.63. The number of thiophene rings is 1. The molecule has 7 heteroatoms. The number of rotatable bonds is 3. The van der Waals surface area contributed by atoms with Crippen molar-refractivity contribution in [1.29, 1.82) is 0 Å². The van der Waals surface area contributed by atoms with E-state index in [0.717, 1.165) is 15.6 Å². The minimum atomic E-state index is -0.354. The maximum atomic E-state index is 12.2. The highest BCUT2D eigenvalue weighted by Gasteiger charge is 2.16. The molecule has 3 aromatic rings. The number of benzene rings is 2. The molecule has 0 bridgehead atoms. The van der Waals surface area contributed by atoms with Gasteiger partial charge >= 0.3 is 0 Å². The van der Waals surface area contributed by atoms with Crippen molar-refractivity contribution in [3.8, 4) is 0 Å². The van der Waals surface area contributed by atoms with Crippen molar-refractivity contribution in [2.75, 3.05) is 0 Å². The van der Waals surface area contributed by atoms with Gasteiger partial charge in [0.25, 0.3) is 5.91 Å². The first-order valence-electron chi connectivity index (χ1n) is 6.52. The molecule has 1 N–H and O–H groups in total. The van der Waals surface area contributed by atoms with E-state index in [-0.39, 0.29) is 5.91 Å². The van der Waals surface area contributed by atoms with Gasteiger partial charge in [-0.15, -0.1) is 11.3 Å². The molecule has 3 rings (SSSR count). The Morgan fingerprint density at radius 2 is 1.87 bits per heavy atom. The van der Waals surface area contributed by atoms with Crippen LogP contribution in [0.1, 0.15) is 15.2 Å². The van der Waals surface area contributed by atoms with Crippen molar-refractivity contribution < 1.29 is 4.79 Å². The summed E-state index contributed by atoms with van der Waals surface area (Å²) >= 11 is 19.3. The predicted molar refractivity (Wildman–Crippen MR) is 98.4 cm³/mol. The van der Waals surface area contributed by atoms with Crippen molar-refractivity contribution in [1.82, 2.24) is 5.43 Å². The van der Waals surface area contributed by atoms with Gasteiger partial charge in [0.2, 0.25) is 0 Å². The zero-order chi connectivity index (χ0) is 16.4. The number of halogens is 3. The van der Waals surface area contributed by atoms with Crippen LogP contribution in [0.2, 0.25) is 15.1 Å². The number of hydrazone groups is 1. The molecule has 0 atom stereocenters. The van der Waals surface area contributed by atoms with Crippen molar-refractivity contribution in [2.24, 2.45) is 5.10 Å². The molecule has 23 heavy (non-hydrogen) atoms. The number of hydrogen-bond donors (Lipinski definition) is 1. The van der Waals surface area contributed by atoms with Crippen molar-refractivity contribution >= 4 is 68.3 Å². The summed E-state index contributed by atoms with van der Waals surface area (Å²) in [6.07, 6.45) is 1.49. The Hall–Kier alpha value is -1.59. The number of hydrogen-bond acceptors (Lipinski definition) is 3. The van der Waals surface area contributed by atoms with E-state index in [0.29, 0.717) is 19.9 Å². The van der Waals surface area contributed by atoms with Crippen LogP contribution in [0.15, 0.2) is 47.6 Å². The second-order valence-electron chi connectivity index (χ2n) is 4.61. The summed E-state index contributed by atoms with van der Waals surface area (Å²) in [4.78, 5) is 12.6. The molecule has 0 saturated heterocycles. The Balaban J connectivity index is 1.77. The van der Waals surface area contributed by atoms with Crippen LogP contribution in [0.4, 0.5) is 0 Å². The lowest BCUT2D eigenvalue weighted by Crippen LogP contribution is -2.16. The number of amides is 1. The van der Waals surface area contributed by atoms with E-state index in [2.05, 4.69) is 10.5 Å². The van der Waals surface area contributed by atoms with E-state index >= 15 is 0 Å². The van der Waals surface area contributed by atoms with Crippen LogP contribution in [-0.4, -0.2) is 12.1 Å². The van der Waals surface area contributed by atoms with Gasteiger partial charge in [-0.2, -0.15) is 5.10 Å². The molecule has 0 radical (unpaired) electrons. The molecule has 1 amide bonds. The Kier molecular flexibility index (Phi) is 4.87. The van der Waals surface area contributed by atoms with E-state index in [1.165, 1.54) is 17.6 Å². The van der Waals surface area contributed by atoms with Gasteiger partial charge in [0.15, 0.2) is 0 Å². The average molecular weight is 384 g/mol. The SMILES string of the molecule is O=C(N/N=C/c1ccc(Cl)c(Cl)c1)c1sc2ccccc2c1Cl. The third-order valence-electron chi connectivity index (χ3n) is 3.06. The van der Waals surface area contributed by atoms with Crippen LogP contribution in [0.3, 0.4) is 0 Å². The van der Waals surface area contributed by atoms with Gasteiger partial charge in [0, 0.05) is 10.1 Å². The molecule has 116 valence electrons. The Labute approximate surface area is 151 Å². The van der Waals surface area contributed by atoms with E-state index in [4.69, 9.17) is 34.8 Å². The van der Waals surface area contributed by atoms with Crippen LogP contribution in [-0.2, 0) is 0 Å². The molecule has 1 heterocycles. The molecule has 0 fully saturated rings. The minimum absolute atomic E-state index is 0.354. The fraction of sp³-hybridized carbons (Fsp3) is 0. The lowest BCUT2D eigenvalue weighted by Gasteiger charge is -1.99. The van der Waals surface area contributed by atoms with Crippen molar-refractivity contribution in [2.45, 2.75) is 0 Å². The first-order valence-corrected chi connectivity index (χ1v) is 8.47. The molecule has 0 saturated carbocycles. The van der Waals surface area contributed by atoms with Gasteiger partial charge in [0.1, 0.15) is 4.88 Å². The Bertz CT molecular complexity index is 921. The third-order valence-corrected chi connectivity index (χ3v) is 5.48. The lowest BCUT2D eigenvalue weighted by atomic mass is 10.2. The number of carbonyl (C=O) groups excluding carboxylic acids is 1. The summed E-state index contributed by atoms with van der Waals surface area (Å²) in [5.41, 5.74) is 3.19. The summed E-state index contributed by atoms with van der Waals surface area (Å²) in [5.74, 6) is -0.354. The molecule has 0 aliphatic heterocycles. The van der Waals surface area contributed by atoms with Gasteiger partial charge in [-0.05, 0) is 23.8 Å². The molecular formula is C16H9Cl3N2OS. The van der Waals surface area contributed by atoms with Gasteiger partial charge < -0.3 is 0 Å². The van der Waals surface area contributed by atoms with Crippen LogP contribution in [0, 0.1) is 0 Å². The van der Waals surface area contributed by atoms with E-state index in [1.807, 2.05) is 24.3 Å². The van der Waals surface area contributed by atoms with E-state index < -0.39 is 0 Å². The van der Waals surface area contributed by atoms with Crippen molar-refractivity contribution in [3.05, 3.63) is 68.0 Å². The number of carbonyl (C=O) groups is 1. The highest BCUT2D eigenvalue weighted by molar-refractivity contribution is 7.21. The first-order chi connectivity index (χ1) is 11.1. The molecule has 1 aromatic heterocycles. The molecule has 3 nitrogen and oxygen atoms in total. The highest BCUT2D eigenvalue weighted by Crippen LogP contribution is 2.34. The molecular weight excluding hydrogens is 375 g/mol. The third kappa shape index (κ3) is 3.51. The topological polar surface area (TPSA) is 41.5 Å². The van der Waals surface area contributed by atoms with Crippen LogP contribution in [0.5, 0.6) is 0 Å². The van der Waals surface area contributed by atoms with E-state index in [1.54, 1.807) is 18.2 Å². The fourth-order valence-corrected chi connectivity index (χ4v) is 3.68. The molecule has 0 spiro atoms. The molecule has 0 aliphatic carbocycles. The minimum Gasteiger partial charge on any atom is -0.266 e. The highest BCUT2D eigenvalue weighted by atomic mass is 35.5. The molecule has 0 unspecified atom stereocenters. The standard InChI is InChI=1S/C16H9Cl3N2OS/c17-11-6-5-9(7-12(11)18)8-20-21-16(22)15-14(19)10-3-1-2-4-13(10)23-15/h1-8H,(H,21,22)/b20-8+. The Morgan fingerprint density at radius 3 is 2.61 bits per heavy atom. The monoisotopic (exact) mass is 382 g/mol. The summed E-state index contributed by atoms with van der Waals surface area (Å²) in [7, 11) is 0. The summed E-state index contributed by atoms with van der Waals surface area (Å²) in [6, 6.07) is 12.6. The zero-order valence-electron chi connectivity index (χ0n) is 11.5. The Morgan fingerprint density at radius 1 is 1.09 bits per heavy atom. The van der Waals surface area contributed by atoms with Gasteiger partial charge in [-0.25, -0.2) is 5.43 Å². The maximum Gasteiger partial charge on any atom is 0.283 e. The summed E-state index contributed by atoms with van der Waals surface area (Å²) in [5, 5.41) is 6.11. The summed E-state index contributed by atoms with van der Waals surface area (Å²) < 4.78 is 0.955. The second kappa shape index (κ2) is 6.89. The lowest BCUT2D eigenvalue weighted by molar-refractivity contribution is 0.0959. The van der Waals surface area contributed by atoms with Gasteiger partial charge in [0.05, 0.1) is 21.3 Å². The smallest absolute Gasteiger partial charge is 0.266 e. The number of nitrogens with one attached hydrogen (secondary N) is 1.